The molecule has 0 fully saturated rings. The Morgan fingerprint density at radius 3 is 2.15 bits per heavy atom. The first-order valence-electron chi connectivity index (χ1n) is 8.91. The van der Waals surface area contributed by atoms with Crippen molar-refractivity contribution >= 4 is 23.5 Å². The number of amides is 3. The lowest BCUT2D eigenvalue weighted by atomic mass is 9.82. The molecule has 3 amide bonds. The van der Waals surface area contributed by atoms with Gasteiger partial charge in [0.05, 0.1) is 16.6 Å². The molecule has 1 unspecified atom stereocenters. The molecule has 0 aliphatic carbocycles. The third-order valence-electron chi connectivity index (χ3n) is 4.09. The molecule has 0 saturated carbocycles. The third kappa shape index (κ3) is 6.29. The Hall–Kier alpha value is -2.53. The molecule has 1 atom stereocenters. The molecule has 0 heterocycles. The quantitative estimate of drug-likeness (QED) is 0.651. The highest BCUT2D eigenvalue weighted by Crippen LogP contribution is 2.32. The van der Waals surface area contributed by atoms with Crippen molar-refractivity contribution in [3.8, 4) is 0 Å². The molecule has 0 saturated heterocycles. The Balaban J connectivity index is 1.83. The Kier molecular flexibility index (Phi) is 7.25. The molecule has 0 bridgehead atoms. The normalized spacial score (nSPS) is 12.1. The topological polar surface area (TPSA) is 70.2 Å². The van der Waals surface area contributed by atoms with Crippen molar-refractivity contribution < 1.29 is 9.59 Å². The van der Waals surface area contributed by atoms with Gasteiger partial charge in [-0.1, -0.05) is 74.8 Å². The molecule has 3 N–H and O–H groups in total. The van der Waals surface area contributed by atoms with E-state index < -0.39 is 0 Å². The van der Waals surface area contributed by atoms with Crippen LogP contribution in [0, 0.1) is 5.41 Å². The molecule has 0 spiro atoms. The van der Waals surface area contributed by atoms with Crippen LogP contribution in [-0.2, 0) is 0 Å². The Bertz CT molecular complexity index is 772. The number of rotatable bonds is 6. The maximum Gasteiger partial charge on any atom is 0.315 e. The van der Waals surface area contributed by atoms with Gasteiger partial charge < -0.3 is 16.0 Å². The van der Waals surface area contributed by atoms with Gasteiger partial charge in [-0.15, -0.1) is 0 Å². The van der Waals surface area contributed by atoms with Crippen LogP contribution in [-0.4, -0.2) is 25.0 Å². The van der Waals surface area contributed by atoms with Gasteiger partial charge in [0.15, 0.2) is 0 Å². The zero-order valence-corrected chi connectivity index (χ0v) is 16.6. The molecule has 6 heteroatoms. The van der Waals surface area contributed by atoms with Crippen LogP contribution in [0.4, 0.5) is 4.79 Å². The zero-order chi connectivity index (χ0) is 19.9. The summed E-state index contributed by atoms with van der Waals surface area (Å²) in [5, 5.41) is 8.94. The van der Waals surface area contributed by atoms with Gasteiger partial charge in [0.25, 0.3) is 5.91 Å². The molecule has 5 nitrogen and oxygen atoms in total. The first-order chi connectivity index (χ1) is 12.8. The number of carbonyl (C=O) groups is 2. The molecule has 27 heavy (non-hydrogen) atoms. The van der Waals surface area contributed by atoms with E-state index in [2.05, 4.69) is 36.7 Å². The SMILES string of the molecule is CC(C)(C)C(NC(=O)NCCNC(=O)c1ccccc1Cl)c1ccccc1. The average molecular weight is 388 g/mol. The molecule has 2 aromatic carbocycles. The van der Waals surface area contributed by atoms with Crippen LogP contribution < -0.4 is 16.0 Å². The highest BCUT2D eigenvalue weighted by atomic mass is 35.5. The van der Waals surface area contributed by atoms with E-state index in [1.165, 1.54) is 0 Å². The maximum absolute atomic E-state index is 12.3. The van der Waals surface area contributed by atoms with Gasteiger partial charge >= 0.3 is 6.03 Å². The number of hydrogen-bond donors (Lipinski definition) is 3. The maximum atomic E-state index is 12.3. The Morgan fingerprint density at radius 1 is 0.926 bits per heavy atom. The molecule has 0 aliphatic heterocycles. The molecular formula is C21H26ClN3O2. The summed E-state index contributed by atoms with van der Waals surface area (Å²) in [7, 11) is 0. The fourth-order valence-corrected chi connectivity index (χ4v) is 2.94. The predicted octanol–water partition coefficient (Wildman–Crippen LogP) is 4.16. The molecule has 2 rings (SSSR count). The van der Waals surface area contributed by atoms with Crippen LogP contribution in [0.25, 0.3) is 0 Å². The number of benzene rings is 2. The number of carbonyl (C=O) groups excluding carboxylic acids is 2. The Morgan fingerprint density at radius 2 is 1.52 bits per heavy atom. The lowest BCUT2D eigenvalue weighted by Gasteiger charge is -2.32. The first-order valence-corrected chi connectivity index (χ1v) is 9.29. The van der Waals surface area contributed by atoms with Gasteiger partial charge in [-0.25, -0.2) is 4.79 Å². The lowest BCUT2D eigenvalue weighted by molar-refractivity contribution is 0.0954. The van der Waals surface area contributed by atoms with Crippen LogP contribution >= 0.6 is 11.6 Å². The molecule has 2 aromatic rings. The number of halogens is 1. The Labute approximate surface area is 165 Å². The summed E-state index contributed by atoms with van der Waals surface area (Å²) in [6.07, 6.45) is 0. The van der Waals surface area contributed by atoms with Crippen LogP contribution in [0.3, 0.4) is 0 Å². The minimum atomic E-state index is -0.272. The predicted molar refractivity (Wildman–Crippen MR) is 109 cm³/mol. The van der Waals surface area contributed by atoms with E-state index in [4.69, 9.17) is 11.6 Å². The van der Waals surface area contributed by atoms with Gasteiger partial charge in [-0.05, 0) is 23.1 Å². The van der Waals surface area contributed by atoms with Gasteiger partial charge in [0.1, 0.15) is 0 Å². The molecule has 0 aliphatic rings. The number of urea groups is 1. The highest BCUT2D eigenvalue weighted by molar-refractivity contribution is 6.33. The van der Waals surface area contributed by atoms with E-state index in [-0.39, 0.29) is 23.4 Å². The minimum Gasteiger partial charge on any atom is -0.350 e. The van der Waals surface area contributed by atoms with Gasteiger partial charge in [0.2, 0.25) is 0 Å². The summed E-state index contributed by atoms with van der Waals surface area (Å²) >= 11 is 6.00. The monoisotopic (exact) mass is 387 g/mol. The molecular weight excluding hydrogens is 362 g/mol. The molecule has 144 valence electrons. The van der Waals surface area contributed by atoms with E-state index in [0.29, 0.717) is 23.7 Å². The summed E-state index contributed by atoms with van der Waals surface area (Å²) in [6.45, 7) is 6.86. The van der Waals surface area contributed by atoms with Gasteiger partial charge in [-0.2, -0.15) is 0 Å². The smallest absolute Gasteiger partial charge is 0.315 e. The van der Waals surface area contributed by atoms with Crippen molar-refractivity contribution in [2.45, 2.75) is 26.8 Å². The van der Waals surface area contributed by atoms with Crippen molar-refractivity contribution in [3.63, 3.8) is 0 Å². The van der Waals surface area contributed by atoms with Crippen LogP contribution in [0.15, 0.2) is 54.6 Å². The zero-order valence-electron chi connectivity index (χ0n) is 15.9. The van der Waals surface area contributed by atoms with Crippen molar-refractivity contribution in [2.75, 3.05) is 13.1 Å². The van der Waals surface area contributed by atoms with Gasteiger partial charge in [0, 0.05) is 13.1 Å². The van der Waals surface area contributed by atoms with Crippen molar-refractivity contribution in [2.24, 2.45) is 5.41 Å². The second-order valence-corrected chi connectivity index (χ2v) is 7.75. The van der Waals surface area contributed by atoms with Crippen molar-refractivity contribution in [1.29, 1.82) is 0 Å². The number of nitrogens with one attached hydrogen (secondary N) is 3. The number of hydrogen-bond acceptors (Lipinski definition) is 2. The molecule has 0 aromatic heterocycles. The van der Waals surface area contributed by atoms with Crippen LogP contribution in [0.5, 0.6) is 0 Å². The van der Waals surface area contributed by atoms with Crippen molar-refractivity contribution in [3.05, 3.63) is 70.7 Å². The van der Waals surface area contributed by atoms with E-state index in [1.807, 2.05) is 30.3 Å². The lowest BCUT2D eigenvalue weighted by Crippen LogP contribution is -2.44. The summed E-state index contributed by atoms with van der Waals surface area (Å²) in [5.41, 5.74) is 1.32. The first kappa shape index (κ1) is 20.8. The minimum absolute atomic E-state index is 0.128. The summed E-state index contributed by atoms with van der Waals surface area (Å²) in [6, 6.07) is 16.3. The van der Waals surface area contributed by atoms with E-state index in [9.17, 15) is 9.59 Å². The third-order valence-corrected chi connectivity index (χ3v) is 4.42. The largest absolute Gasteiger partial charge is 0.350 e. The second kappa shape index (κ2) is 9.42. The summed E-state index contributed by atoms with van der Waals surface area (Å²) in [4.78, 5) is 24.4. The summed E-state index contributed by atoms with van der Waals surface area (Å²) in [5.74, 6) is -0.264. The fraction of sp³-hybridized carbons (Fsp3) is 0.333. The van der Waals surface area contributed by atoms with Gasteiger partial charge in [-0.3, -0.25) is 4.79 Å². The molecule has 0 radical (unpaired) electrons. The van der Waals surface area contributed by atoms with E-state index >= 15 is 0 Å². The van der Waals surface area contributed by atoms with Crippen LogP contribution in [0.1, 0.15) is 42.7 Å². The standard InChI is InChI=1S/C21H26ClN3O2/c1-21(2,3)18(15-9-5-4-6-10-15)25-20(27)24-14-13-23-19(26)16-11-7-8-12-17(16)22/h4-12,18H,13-14H2,1-3H3,(H,23,26)(H2,24,25,27). The fourth-order valence-electron chi connectivity index (χ4n) is 2.72. The van der Waals surface area contributed by atoms with Crippen LogP contribution in [0.2, 0.25) is 5.02 Å². The second-order valence-electron chi connectivity index (χ2n) is 7.35. The average Bonchev–Trinajstić information content (AvgIpc) is 2.63. The summed E-state index contributed by atoms with van der Waals surface area (Å²) < 4.78 is 0. The van der Waals surface area contributed by atoms with E-state index in [0.717, 1.165) is 5.56 Å². The highest BCUT2D eigenvalue weighted by Gasteiger charge is 2.27. The van der Waals surface area contributed by atoms with Crippen molar-refractivity contribution in [1.82, 2.24) is 16.0 Å². The van der Waals surface area contributed by atoms with E-state index in [1.54, 1.807) is 24.3 Å².